The monoisotopic (exact) mass is 298 g/mol. The largest absolute Gasteiger partial charge is 0.444 e. The molecule has 0 aliphatic carbocycles. The number of hydrogen-bond donors (Lipinski definition) is 1. The quantitative estimate of drug-likeness (QED) is 0.807. The maximum atomic E-state index is 12.1. The number of ether oxygens (including phenoxy) is 1. The summed E-state index contributed by atoms with van der Waals surface area (Å²) in [4.78, 5) is 22.1. The van der Waals surface area contributed by atoms with Crippen molar-refractivity contribution in [3.63, 3.8) is 0 Å². The van der Waals surface area contributed by atoms with E-state index in [1.54, 1.807) is 11.9 Å². The molecule has 0 fully saturated rings. The minimum Gasteiger partial charge on any atom is -0.444 e. The Morgan fingerprint density at radius 3 is 2.70 bits per heavy atom. The summed E-state index contributed by atoms with van der Waals surface area (Å²) in [5.41, 5.74) is 1.28. The number of halogens is 1. The molecule has 0 spiro atoms. The van der Waals surface area contributed by atoms with Crippen molar-refractivity contribution in [3.8, 4) is 0 Å². The first-order chi connectivity index (χ1) is 9.30. The maximum Gasteiger partial charge on any atom is 0.410 e. The van der Waals surface area contributed by atoms with E-state index < -0.39 is 5.60 Å². The molecule has 1 aliphatic rings. The fourth-order valence-corrected chi connectivity index (χ4v) is 2.26. The number of nitrogens with zero attached hydrogens (tertiary/aromatic N) is 3. The van der Waals surface area contributed by atoms with Gasteiger partial charge in [0.2, 0.25) is 5.28 Å². The highest BCUT2D eigenvalue weighted by atomic mass is 35.5. The maximum absolute atomic E-state index is 12.1. The first-order valence-electron chi connectivity index (χ1n) is 6.51. The first-order valence-corrected chi connectivity index (χ1v) is 6.89. The van der Waals surface area contributed by atoms with Crippen molar-refractivity contribution in [1.29, 1.82) is 0 Å². The molecule has 0 aromatic carbocycles. The Labute approximate surface area is 123 Å². The zero-order chi connectivity index (χ0) is 14.9. The van der Waals surface area contributed by atoms with E-state index in [9.17, 15) is 4.79 Å². The van der Waals surface area contributed by atoms with Crippen LogP contribution in [0.25, 0.3) is 0 Å². The van der Waals surface area contributed by atoms with E-state index in [4.69, 9.17) is 16.3 Å². The van der Waals surface area contributed by atoms with Gasteiger partial charge in [-0.05, 0) is 32.4 Å². The number of aromatic nitrogens is 2. The number of hydrogen-bond acceptors (Lipinski definition) is 5. The van der Waals surface area contributed by atoms with Crippen molar-refractivity contribution in [2.24, 2.45) is 0 Å². The lowest BCUT2D eigenvalue weighted by Gasteiger charge is -2.31. The third-order valence-corrected chi connectivity index (χ3v) is 3.09. The predicted octanol–water partition coefficient (Wildman–Crippen LogP) is 2.46. The van der Waals surface area contributed by atoms with E-state index in [1.807, 2.05) is 20.8 Å². The van der Waals surface area contributed by atoms with Crippen LogP contribution in [-0.4, -0.2) is 40.2 Å². The molecule has 0 saturated carbocycles. The third-order valence-electron chi connectivity index (χ3n) is 2.92. The topological polar surface area (TPSA) is 67.4 Å². The minimum atomic E-state index is -0.500. The number of carbonyl (C=O) groups excluding carboxylic acids is 1. The molecule has 0 radical (unpaired) electrons. The number of nitrogens with one attached hydrogen (secondary N) is 1. The van der Waals surface area contributed by atoms with E-state index in [0.717, 1.165) is 11.3 Å². The van der Waals surface area contributed by atoms with Gasteiger partial charge in [-0.25, -0.2) is 14.8 Å². The van der Waals surface area contributed by atoms with Crippen LogP contribution in [0, 0.1) is 0 Å². The molecule has 2 heterocycles. The summed E-state index contributed by atoms with van der Waals surface area (Å²) in [5.74, 6) is 0.660. The van der Waals surface area contributed by atoms with Gasteiger partial charge < -0.3 is 15.0 Å². The normalized spacial score (nSPS) is 14.8. The molecule has 0 bridgehead atoms. The number of anilines is 1. The first kappa shape index (κ1) is 14.8. The molecule has 1 aromatic heterocycles. The number of amides is 1. The molecule has 2 rings (SSSR count). The number of fused-ring (bicyclic) bond motifs is 1. The molecule has 1 aromatic rings. The molecule has 1 amide bonds. The molecule has 0 atom stereocenters. The van der Waals surface area contributed by atoms with Crippen molar-refractivity contribution >= 4 is 23.5 Å². The van der Waals surface area contributed by atoms with Gasteiger partial charge in [-0.15, -0.1) is 0 Å². The second kappa shape index (κ2) is 5.44. The Morgan fingerprint density at radius 1 is 1.40 bits per heavy atom. The SMILES string of the molecule is CNc1nc(Cl)nc2c1CN(C(=O)OC(C)(C)C)CC2. The Hall–Kier alpha value is -1.56. The van der Waals surface area contributed by atoms with E-state index in [1.165, 1.54) is 0 Å². The predicted molar refractivity (Wildman–Crippen MR) is 76.9 cm³/mol. The molecule has 0 saturated heterocycles. The Bertz CT molecular complexity index is 511. The van der Waals surface area contributed by atoms with Gasteiger partial charge in [0.15, 0.2) is 0 Å². The van der Waals surface area contributed by atoms with Crippen LogP contribution in [0.1, 0.15) is 32.0 Å². The van der Waals surface area contributed by atoms with E-state index in [-0.39, 0.29) is 11.4 Å². The van der Waals surface area contributed by atoms with Crippen molar-refractivity contribution in [3.05, 3.63) is 16.5 Å². The highest BCUT2D eigenvalue weighted by Crippen LogP contribution is 2.25. The second-order valence-electron chi connectivity index (χ2n) is 5.67. The molecule has 1 aliphatic heterocycles. The minimum absolute atomic E-state index is 0.221. The molecule has 20 heavy (non-hydrogen) atoms. The molecule has 7 heteroatoms. The molecule has 1 N–H and O–H groups in total. The fourth-order valence-electron chi connectivity index (χ4n) is 2.07. The Kier molecular flexibility index (Phi) is 4.04. The summed E-state index contributed by atoms with van der Waals surface area (Å²) in [7, 11) is 1.77. The van der Waals surface area contributed by atoms with Gasteiger partial charge >= 0.3 is 6.09 Å². The lowest BCUT2D eigenvalue weighted by molar-refractivity contribution is 0.0223. The Balaban J connectivity index is 2.20. The number of rotatable bonds is 1. The van der Waals surface area contributed by atoms with Crippen LogP contribution < -0.4 is 5.32 Å². The second-order valence-corrected chi connectivity index (χ2v) is 6.01. The fraction of sp³-hybridized carbons (Fsp3) is 0.615. The van der Waals surface area contributed by atoms with Crippen molar-refractivity contribution in [1.82, 2.24) is 14.9 Å². The van der Waals surface area contributed by atoms with Crippen LogP contribution >= 0.6 is 11.6 Å². The molecule has 0 unspecified atom stereocenters. The zero-order valence-electron chi connectivity index (χ0n) is 12.2. The lowest BCUT2D eigenvalue weighted by atomic mass is 10.1. The van der Waals surface area contributed by atoms with Crippen LogP contribution in [0.2, 0.25) is 5.28 Å². The van der Waals surface area contributed by atoms with Crippen LogP contribution in [0.5, 0.6) is 0 Å². The highest BCUT2D eigenvalue weighted by molar-refractivity contribution is 6.28. The van der Waals surface area contributed by atoms with E-state index in [0.29, 0.717) is 25.3 Å². The lowest BCUT2D eigenvalue weighted by Crippen LogP contribution is -2.40. The average molecular weight is 299 g/mol. The summed E-state index contributed by atoms with van der Waals surface area (Å²) in [6.45, 7) is 6.55. The van der Waals surface area contributed by atoms with Crippen LogP contribution in [0.3, 0.4) is 0 Å². The summed E-state index contributed by atoms with van der Waals surface area (Å²) < 4.78 is 5.39. The van der Waals surface area contributed by atoms with Gasteiger partial charge in [-0.2, -0.15) is 0 Å². The molecule has 110 valence electrons. The van der Waals surface area contributed by atoms with Gasteiger partial charge in [0.25, 0.3) is 0 Å². The summed E-state index contributed by atoms with van der Waals surface area (Å²) in [6.07, 6.45) is 0.325. The van der Waals surface area contributed by atoms with Gasteiger partial charge in [0.05, 0.1) is 12.2 Å². The van der Waals surface area contributed by atoms with Crippen LogP contribution in [0.4, 0.5) is 10.6 Å². The summed E-state index contributed by atoms with van der Waals surface area (Å²) in [5, 5.41) is 3.21. The third kappa shape index (κ3) is 3.30. The standard InChI is InChI=1S/C13H19ClN4O2/c1-13(2,3)20-12(19)18-6-5-9-8(7-18)10(15-4)17-11(14)16-9/h5-7H2,1-4H3,(H,15,16,17). The van der Waals surface area contributed by atoms with Gasteiger partial charge in [-0.3, -0.25) is 0 Å². The van der Waals surface area contributed by atoms with Gasteiger partial charge in [-0.1, -0.05) is 0 Å². The number of carbonyl (C=O) groups is 1. The zero-order valence-corrected chi connectivity index (χ0v) is 12.9. The van der Waals surface area contributed by atoms with Crippen molar-refractivity contribution in [2.75, 3.05) is 18.9 Å². The highest BCUT2D eigenvalue weighted by Gasteiger charge is 2.28. The molecular weight excluding hydrogens is 280 g/mol. The van der Waals surface area contributed by atoms with Crippen LogP contribution in [0.15, 0.2) is 0 Å². The molecular formula is C13H19ClN4O2. The van der Waals surface area contributed by atoms with E-state index >= 15 is 0 Å². The Morgan fingerprint density at radius 2 is 2.10 bits per heavy atom. The summed E-state index contributed by atoms with van der Waals surface area (Å²) in [6, 6.07) is 0. The summed E-state index contributed by atoms with van der Waals surface area (Å²) >= 11 is 5.88. The average Bonchev–Trinajstić information content (AvgIpc) is 2.35. The molecule has 6 nitrogen and oxygen atoms in total. The van der Waals surface area contributed by atoms with Crippen molar-refractivity contribution in [2.45, 2.75) is 39.3 Å². The van der Waals surface area contributed by atoms with Gasteiger partial charge in [0, 0.05) is 25.6 Å². The van der Waals surface area contributed by atoms with Gasteiger partial charge in [0.1, 0.15) is 11.4 Å². The smallest absolute Gasteiger partial charge is 0.410 e. The van der Waals surface area contributed by atoms with Crippen molar-refractivity contribution < 1.29 is 9.53 Å². The van der Waals surface area contributed by atoms with E-state index in [2.05, 4.69) is 15.3 Å². The van der Waals surface area contributed by atoms with Crippen LogP contribution in [-0.2, 0) is 17.7 Å².